The largest absolute Gasteiger partial charge is 0.448 e. The molecular formula is C21H26N2O3. The van der Waals surface area contributed by atoms with Crippen molar-refractivity contribution in [3.63, 3.8) is 0 Å². The molecule has 2 heterocycles. The van der Waals surface area contributed by atoms with Gasteiger partial charge < -0.3 is 14.6 Å². The van der Waals surface area contributed by atoms with Gasteiger partial charge in [0, 0.05) is 24.8 Å². The molecule has 0 radical (unpaired) electrons. The summed E-state index contributed by atoms with van der Waals surface area (Å²) in [4.78, 5) is 28.3. The quantitative estimate of drug-likeness (QED) is 0.885. The summed E-state index contributed by atoms with van der Waals surface area (Å²) in [5, 5.41) is 0. The smallest absolute Gasteiger partial charge is 0.410 e. The fourth-order valence-electron chi connectivity index (χ4n) is 2.93. The first-order valence-corrected chi connectivity index (χ1v) is 8.88. The molecule has 0 atom stereocenters. The van der Waals surface area contributed by atoms with Crippen LogP contribution in [-0.2, 0) is 4.74 Å². The van der Waals surface area contributed by atoms with Crippen molar-refractivity contribution in [1.82, 2.24) is 9.88 Å². The van der Waals surface area contributed by atoms with Crippen LogP contribution in [0.25, 0.3) is 5.57 Å². The Morgan fingerprint density at radius 2 is 1.96 bits per heavy atom. The second-order valence-corrected chi connectivity index (χ2v) is 6.84. The number of benzene rings is 1. The van der Waals surface area contributed by atoms with E-state index in [4.69, 9.17) is 4.74 Å². The SMILES string of the molecule is Cc1ccc(/C(=C/CN2CCOC2=O)c2ccc(C(C)C)cc2)[nH]c1=O.[HH]. The summed E-state index contributed by atoms with van der Waals surface area (Å²) in [6, 6.07) is 12.0. The highest BCUT2D eigenvalue weighted by Crippen LogP contribution is 2.24. The monoisotopic (exact) mass is 354 g/mol. The lowest BCUT2D eigenvalue weighted by atomic mass is 9.96. The number of carbonyl (C=O) groups is 1. The Morgan fingerprint density at radius 1 is 1.23 bits per heavy atom. The molecule has 5 heteroatoms. The first-order valence-electron chi connectivity index (χ1n) is 8.88. The summed E-state index contributed by atoms with van der Waals surface area (Å²) in [5.74, 6) is 0.454. The predicted octanol–water partition coefficient (Wildman–Crippen LogP) is 3.94. The lowest BCUT2D eigenvalue weighted by molar-refractivity contribution is 0.161. The Bertz CT molecular complexity index is 885. The van der Waals surface area contributed by atoms with E-state index < -0.39 is 0 Å². The molecule has 2 aromatic rings. The first-order chi connectivity index (χ1) is 12.5. The van der Waals surface area contributed by atoms with E-state index in [2.05, 4.69) is 43.1 Å². The van der Waals surface area contributed by atoms with Gasteiger partial charge in [0.2, 0.25) is 0 Å². The van der Waals surface area contributed by atoms with E-state index in [1.807, 2.05) is 18.2 Å². The zero-order chi connectivity index (χ0) is 18.7. The van der Waals surface area contributed by atoms with Crippen LogP contribution in [0.4, 0.5) is 4.79 Å². The Balaban J connectivity index is 0.00000261. The number of amides is 1. The number of H-pyrrole nitrogens is 1. The van der Waals surface area contributed by atoms with Gasteiger partial charge >= 0.3 is 6.09 Å². The zero-order valence-corrected chi connectivity index (χ0v) is 15.4. The van der Waals surface area contributed by atoms with Crippen LogP contribution in [0, 0.1) is 6.92 Å². The van der Waals surface area contributed by atoms with Crippen molar-refractivity contribution in [2.45, 2.75) is 26.7 Å². The molecule has 0 spiro atoms. The molecule has 1 aromatic heterocycles. The number of ether oxygens (including phenoxy) is 1. The van der Waals surface area contributed by atoms with E-state index in [-0.39, 0.29) is 13.1 Å². The molecule has 0 aliphatic carbocycles. The Kier molecular flexibility index (Phi) is 5.26. The second-order valence-electron chi connectivity index (χ2n) is 6.84. The maximum absolute atomic E-state index is 12.1. The fourth-order valence-corrected chi connectivity index (χ4v) is 2.93. The minimum absolute atomic E-state index is 0. The predicted molar refractivity (Wildman–Crippen MR) is 104 cm³/mol. The summed E-state index contributed by atoms with van der Waals surface area (Å²) in [6.07, 6.45) is 1.67. The van der Waals surface area contributed by atoms with Gasteiger partial charge in [-0.05, 0) is 30.0 Å². The van der Waals surface area contributed by atoms with Gasteiger partial charge in [0.05, 0.1) is 6.54 Å². The third-order valence-electron chi connectivity index (χ3n) is 4.65. The fraction of sp³-hybridized carbons (Fsp3) is 0.333. The van der Waals surface area contributed by atoms with E-state index in [9.17, 15) is 9.59 Å². The van der Waals surface area contributed by atoms with Gasteiger partial charge in [-0.25, -0.2) is 4.79 Å². The van der Waals surface area contributed by atoms with Crippen molar-refractivity contribution in [2.24, 2.45) is 0 Å². The van der Waals surface area contributed by atoms with Gasteiger partial charge in [0.25, 0.3) is 5.56 Å². The van der Waals surface area contributed by atoms with Gasteiger partial charge in [-0.15, -0.1) is 0 Å². The maximum Gasteiger partial charge on any atom is 0.410 e. The molecule has 1 aliphatic heterocycles. The lowest BCUT2D eigenvalue weighted by Gasteiger charge is -2.14. The topological polar surface area (TPSA) is 62.4 Å². The number of cyclic esters (lactones) is 1. The summed E-state index contributed by atoms with van der Waals surface area (Å²) >= 11 is 0. The van der Waals surface area contributed by atoms with Crippen molar-refractivity contribution in [3.05, 3.63) is 75.2 Å². The molecule has 138 valence electrons. The molecule has 0 bridgehead atoms. The number of nitrogens with zero attached hydrogens (tertiary/aromatic N) is 1. The third kappa shape index (κ3) is 3.87. The molecule has 1 amide bonds. The molecule has 1 N–H and O–H groups in total. The van der Waals surface area contributed by atoms with Crippen LogP contribution in [0.3, 0.4) is 0 Å². The average molecular weight is 354 g/mol. The van der Waals surface area contributed by atoms with E-state index in [1.165, 1.54) is 5.56 Å². The highest BCUT2D eigenvalue weighted by molar-refractivity contribution is 5.79. The lowest BCUT2D eigenvalue weighted by Crippen LogP contribution is -2.24. The molecule has 0 saturated carbocycles. The summed E-state index contributed by atoms with van der Waals surface area (Å²) in [7, 11) is 0. The van der Waals surface area contributed by atoms with E-state index >= 15 is 0 Å². The minimum atomic E-state index is -0.298. The Morgan fingerprint density at radius 3 is 2.54 bits per heavy atom. The number of hydrogen-bond donors (Lipinski definition) is 1. The van der Waals surface area contributed by atoms with Crippen LogP contribution in [0.15, 0.2) is 47.3 Å². The van der Waals surface area contributed by atoms with Crippen molar-refractivity contribution in [2.75, 3.05) is 19.7 Å². The molecule has 1 aliphatic rings. The molecule has 1 fully saturated rings. The molecule has 1 aromatic carbocycles. The number of aromatic amines is 1. The number of pyridine rings is 1. The number of hydrogen-bond acceptors (Lipinski definition) is 3. The van der Waals surface area contributed by atoms with Gasteiger partial charge in [0.15, 0.2) is 0 Å². The molecule has 1 saturated heterocycles. The minimum Gasteiger partial charge on any atom is -0.448 e. The number of rotatable bonds is 5. The highest BCUT2D eigenvalue weighted by atomic mass is 16.6. The summed E-state index contributed by atoms with van der Waals surface area (Å²) < 4.78 is 4.99. The van der Waals surface area contributed by atoms with Crippen LogP contribution < -0.4 is 5.56 Å². The standard InChI is InChI=1S/C21H24N2O3.H2/c1-14(2)16-5-7-17(8-6-16)18(10-11-23-12-13-26-21(23)25)19-9-4-15(3)20(24)22-19;/h4-10,14H,11-13H2,1-3H3,(H,22,24);1H/b18-10+;. The highest BCUT2D eigenvalue weighted by Gasteiger charge is 2.21. The van der Waals surface area contributed by atoms with Crippen LogP contribution in [-0.4, -0.2) is 35.7 Å². The van der Waals surface area contributed by atoms with E-state index in [1.54, 1.807) is 11.8 Å². The van der Waals surface area contributed by atoms with Gasteiger partial charge in [-0.2, -0.15) is 0 Å². The molecule has 0 unspecified atom stereocenters. The number of carbonyl (C=O) groups excluding carboxylic acids is 1. The van der Waals surface area contributed by atoms with Crippen LogP contribution >= 0.6 is 0 Å². The average Bonchev–Trinajstić information content (AvgIpc) is 3.03. The van der Waals surface area contributed by atoms with E-state index in [0.717, 1.165) is 16.8 Å². The van der Waals surface area contributed by atoms with E-state index in [0.29, 0.717) is 31.2 Å². The van der Waals surface area contributed by atoms with Crippen molar-refractivity contribution in [3.8, 4) is 0 Å². The third-order valence-corrected chi connectivity index (χ3v) is 4.65. The molecule has 26 heavy (non-hydrogen) atoms. The Labute approximate surface area is 154 Å². The van der Waals surface area contributed by atoms with Crippen LogP contribution in [0.5, 0.6) is 0 Å². The maximum atomic E-state index is 12.1. The molecular weight excluding hydrogens is 328 g/mol. The number of aromatic nitrogens is 1. The van der Waals surface area contributed by atoms with Crippen molar-refractivity contribution < 1.29 is 11.0 Å². The number of nitrogens with one attached hydrogen (secondary N) is 1. The molecule has 5 nitrogen and oxygen atoms in total. The Hall–Kier alpha value is -2.82. The first kappa shape index (κ1) is 18.0. The zero-order valence-electron chi connectivity index (χ0n) is 15.4. The van der Waals surface area contributed by atoms with Crippen LogP contribution in [0.2, 0.25) is 0 Å². The van der Waals surface area contributed by atoms with Crippen LogP contribution in [0.1, 0.15) is 43.6 Å². The van der Waals surface area contributed by atoms with Gasteiger partial charge in [-0.3, -0.25) is 4.79 Å². The van der Waals surface area contributed by atoms with Crippen molar-refractivity contribution >= 4 is 11.7 Å². The second kappa shape index (κ2) is 7.60. The summed E-state index contributed by atoms with van der Waals surface area (Å²) in [6.45, 7) is 7.54. The number of aryl methyl sites for hydroxylation is 1. The van der Waals surface area contributed by atoms with Gasteiger partial charge in [0.1, 0.15) is 6.61 Å². The van der Waals surface area contributed by atoms with Gasteiger partial charge in [-0.1, -0.05) is 50.3 Å². The summed E-state index contributed by atoms with van der Waals surface area (Å²) in [5.41, 5.74) is 4.47. The normalized spacial score (nSPS) is 14.8. The van der Waals surface area contributed by atoms with Crippen molar-refractivity contribution in [1.29, 1.82) is 0 Å². The molecule has 3 rings (SSSR count).